The third-order valence-corrected chi connectivity index (χ3v) is 2.75. The predicted molar refractivity (Wildman–Crippen MR) is 78.9 cm³/mol. The first-order chi connectivity index (χ1) is 9.13. The Hall–Kier alpha value is -2.01. The van der Waals surface area contributed by atoms with Gasteiger partial charge in [0.2, 0.25) is 0 Å². The molecule has 1 aromatic rings. The Morgan fingerprint density at radius 1 is 1.26 bits per heavy atom. The van der Waals surface area contributed by atoms with Crippen molar-refractivity contribution in [1.82, 2.24) is 4.90 Å². The van der Waals surface area contributed by atoms with Crippen molar-refractivity contribution in [1.29, 1.82) is 5.41 Å². The van der Waals surface area contributed by atoms with Crippen molar-refractivity contribution >= 4 is 12.0 Å². The van der Waals surface area contributed by atoms with Gasteiger partial charge in [0.15, 0.2) is 5.96 Å². The fraction of sp³-hybridized carbons (Fsp3) is 0.357. The smallest absolute Gasteiger partial charge is 0.188 e. The largest absolute Gasteiger partial charge is 0.508 e. The Balaban J connectivity index is 2.46. The Morgan fingerprint density at radius 3 is 2.53 bits per heavy atom. The molecular formula is C14H22N4O. The second-order valence-corrected chi connectivity index (χ2v) is 4.32. The maximum Gasteiger partial charge on any atom is 0.188 e. The molecule has 0 fully saturated rings. The highest BCUT2D eigenvalue weighted by molar-refractivity contribution is 5.74. The van der Waals surface area contributed by atoms with E-state index < -0.39 is 0 Å². The van der Waals surface area contributed by atoms with Crippen molar-refractivity contribution < 1.29 is 5.11 Å². The Morgan fingerprint density at radius 2 is 1.95 bits per heavy atom. The summed E-state index contributed by atoms with van der Waals surface area (Å²) in [6.45, 7) is 2.00. The number of nitrogens with two attached hydrogens (primary N) is 2. The summed E-state index contributed by atoms with van der Waals surface area (Å²) in [5.41, 5.74) is 12.0. The van der Waals surface area contributed by atoms with Gasteiger partial charge in [-0.15, -0.1) is 0 Å². The van der Waals surface area contributed by atoms with Crippen LogP contribution in [0.25, 0.3) is 6.08 Å². The number of aromatic hydroxyl groups is 1. The Kier molecular flexibility index (Phi) is 6.46. The topological polar surface area (TPSA) is 99.4 Å². The van der Waals surface area contributed by atoms with E-state index in [2.05, 4.69) is 0 Å². The number of nitrogens with zero attached hydrogens (tertiary/aromatic N) is 1. The van der Waals surface area contributed by atoms with Crippen LogP contribution in [-0.4, -0.2) is 35.6 Å². The molecule has 0 radical (unpaired) electrons. The van der Waals surface area contributed by atoms with E-state index in [-0.39, 0.29) is 11.7 Å². The van der Waals surface area contributed by atoms with Crippen molar-refractivity contribution in [2.75, 3.05) is 19.6 Å². The van der Waals surface area contributed by atoms with Crippen LogP contribution in [0.1, 0.15) is 18.4 Å². The van der Waals surface area contributed by atoms with Gasteiger partial charge in [-0.05, 0) is 37.1 Å². The molecule has 0 atom stereocenters. The van der Waals surface area contributed by atoms with Crippen molar-refractivity contribution in [2.24, 2.45) is 11.5 Å². The van der Waals surface area contributed by atoms with Crippen LogP contribution < -0.4 is 11.5 Å². The lowest BCUT2D eigenvalue weighted by molar-refractivity contribution is 0.436. The van der Waals surface area contributed by atoms with Crippen LogP contribution in [0.2, 0.25) is 0 Å². The number of benzene rings is 1. The minimum atomic E-state index is 0.0763. The second kappa shape index (κ2) is 8.16. The van der Waals surface area contributed by atoms with E-state index in [9.17, 15) is 5.11 Å². The molecule has 5 nitrogen and oxygen atoms in total. The molecule has 5 heteroatoms. The van der Waals surface area contributed by atoms with Crippen molar-refractivity contribution in [2.45, 2.75) is 12.8 Å². The first kappa shape index (κ1) is 15.0. The average molecular weight is 262 g/mol. The van der Waals surface area contributed by atoms with Crippen LogP contribution in [0.15, 0.2) is 30.3 Å². The molecule has 19 heavy (non-hydrogen) atoms. The van der Waals surface area contributed by atoms with Gasteiger partial charge in [0.1, 0.15) is 5.75 Å². The first-order valence-electron chi connectivity index (χ1n) is 6.38. The summed E-state index contributed by atoms with van der Waals surface area (Å²) in [4.78, 5) is 1.80. The van der Waals surface area contributed by atoms with Gasteiger partial charge in [0.05, 0.1) is 0 Å². The molecule has 0 amide bonds. The van der Waals surface area contributed by atoms with E-state index in [1.807, 2.05) is 24.3 Å². The lowest BCUT2D eigenvalue weighted by Crippen LogP contribution is -2.37. The van der Waals surface area contributed by atoms with Gasteiger partial charge in [-0.3, -0.25) is 5.41 Å². The molecule has 0 spiro atoms. The lowest BCUT2D eigenvalue weighted by atomic mass is 10.2. The van der Waals surface area contributed by atoms with Gasteiger partial charge >= 0.3 is 0 Å². The number of hydrogen-bond acceptors (Lipinski definition) is 3. The normalized spacial score (nSPS) is 10.8. The minimum Gasteiger partial charge on any atom is -0.508 e. The molecule has 0 unspecified atom stereocenters. The van der Waals surface area contributed by atoms with Gasteiger partial charge in [-0.2, -0.15) is 0 Å². The molecule has 1 aromatic carbocycles. The molecule has 6 N–H and O–H groups in total. The van der Waals surface area contributed by atoms with Gasteiger partial charge in [0, 0.05) is 13.1 Å². The van der Waals surface area contributed by atoms with Gasteiger partial charge < -0.3 is 21.5 Å². The lowest BCUT2D eigenvalue weighted by Gasteiger charge is -2.20. The third-order valence-electron chi connectivity index (χ3n) is 2.75. The molecule has 0 aromatic heterocycles. The van der Waals surface area contributed by atoms with Crippen molar-refractivity contribution in [3.05, 3.63) is 35.9 Å². The number of nitrogens with one attached hydrogen (secondary N) is 1. The van der Waals surface area contributed by atoms with E-state index in [1.54, 1.807) is 17.0 Å². The highest BCUT2D eigenvalue weighted by atomic mass is 16.3. The van der Waals surface area contributed by atoms with E-state index in [0.29, 0.717) is 13.1 Å². The predicted octanol–water partition coefficient (Wildman–Crippen LogP) is 1.34. The molecule has 1 rings (SSSR count). The summed E-state index contributed by atoms with van der Waals surface area (Å²) in [5, 5.41) is 16.7. The van der Waals surface area contributed by atoms with Gasteiger partial charge in [-0.25, -0.2) is 0 Å². The second-order valence-electron chi connectivity index (χ2n) is 4.32. The maximum atomic E-state index is 9.18. The number of guanidine groups is 1. The van der Waals surface area contributed by atoms with Crippen LogP contribution in [0.3, 0.4) is 0 Å². The molecule has 0 saturated carbocycles. The minimum absolute atomic E-state index is 0.0763. The summed E-state index contributed by atoms with van der Waals surface area (Å²) < 4.78 is 0. The highest BCUT2D eigenvalue weighted by Crippen LogP contribution is 2.10. The average Bonchev–Trinajstić information content (AvgIpc) is 2.39. The van der Waals surface area contributed by atoms with Crippen molar-refractivity contribution in [3.63, 3.8) is 0 Å². The maximum absolute atomic E-state index is 9.18. The molecule has 0 heterocycles. The standard InChI is InChI=1S/C14H22N4O/c15-9-1-2-10-18(14(16)17)11-3-4-12-5-7-13(19)8-6-12/h3-8,19H,1-2,9-11,15H2,(H3,16,17)/b4-3+. The summed E-state index contributed by atoms with van der Waals surface area (Å²) in [5.74, 6) is 0.330. The van der Waals surface area contributed by atoms with E-state index >= 15 is 0 Å². The van der Waals surface area contributed by atoms with Crippen LogP contribution in [0, 0.1) is 5.41 Å². The third kappa shape index (κ3) is 5.92. The van der Waals surface area contributed by atoms with Crippen LogP contribution in [-0.2, 0) is 0 Å². The molecule has 0 aliphatic heterocycles. The van der Waals surface area contributed by atoms with Crippen molar-refractivity contribution in [3.8, 4) is 5.75 Å². The van der Waals surface area contributed by atoms with E-state index in [1.165, 1.54) is 0 Å². The molecule has 104 valence electrons. The monoisotopic (exact) mass is 262 g/mol. The van der Waals surface area contributed by atoms with Crippen LogP contribution in [0.5, 0.6) is 5.75 Å². The van der Waals surface area contributed by atoms with Gasteiger partial charge in [0.25, 0.3) is 0 Å². The van der Waals surface area contributed by atoms with Crippen LogP contribution >= 0.6 is 0 Å². The zero-order valence-corrected chi connectivity index (χ0v) is 11.0. The summed E-state index contributed by atoms with van der Waals surface area (Å²) in [6, 6.07) is 6.95. The molecular weight excluding hydrogens is 240 g/mol. The van der Waals surface area contributed by atoms with Crippen LogP contribution in [0.4, 0.5) is 0 Å². The quantitative estimate of drug-likeness (QED) is 0.338. The van der Waals surface area contributed by atoms with E-state index in [0.717, 1.165) is 24.9 Å². The molecule has 0 bridgehead atoms. The Bertz CT molecular complexity index is 414. The van der Waals surface area contributed by atoms with Gasteiger partial charge in [-0.1, -0.05) is 24.3 Å². The number of hydrogen-bond donors (Lipinski definition) is 4. The zero-order chi connectivity index (χ0) is 14.1. The summed E-state index contributed by atoms with van der Waals surface area (Å²) in [6.07, 6.45) is 5.77. The summed E-state index contributed by atoms with van der Waals surface area (Å²) >= 11 is 0. The molecule has 0 saturated heterocycles. The zero-order valence-electron chi connectivity index (χ0n) is 11.0. The fourth-order valence-corrected chi connectivity index (χ4v) is 1.66. The number of phenolic OH excluding ortho intramolecular Hbond substituents is 1. The SMILES string of the molecule is N=C(N)N(C/C=C/c1ccc(O)cc1)CCCCN. The number of phenols is 1. The number of unbranched alkanes of at least 4 members (excludes halogenated alkanes) is 1. The molecule has 0 aliphatic rings. The number of rotatable bonds is 7. The highest BCUT2D eigenvalue weighted by Gasteiger charge is 2.03. The van der Waals surface area contributed by atoms with E-state index in [4.69, 9.17) is 16.9 Å². The first-order valence-corrected chi connectivity index (χ1v) is 6.38. The Labute approximate surface area is 114 Å². The summed E-state index contributed by atoms with van der Waals surface area (Å²) in [7, 11) is 0. The fourth-order valence-electron chi connectivity index (χ4n) is 1.66. The molecule has 0 aliphatic carbocycles.